The molecular weight excluding hydrogens is 218 g/mol. The highest BCUT2D eigenvalue weighted by Crippen LogP contribution is 2.26. The summed E-state index contributed by atoms with van der Waals surface area (Å²) >= 11 is 5.87. The van der Waals surface area contributed by atoms with Crippen molar-refractivity contribution in [2.75, 3.05) is 10.5 Å². The first-order chi connectivity index (χ1) is 7.83. The molecule has 4 heteroatoms. The van der Waals surface area contributed by atoms with Gasteiger partial charge in [0.15, 0.2) is 0 Å². The normalized spacial score (nSPS) is 12.9. The standard InChI is InChI=1S/C12H10BClN2/c14-10-7-5-9(6-8-10)13-15-11-3-1-2-4-12(11)16-13/h1-8,15-16H. The van der Waals surface area contributed by atoms with Crippen LogP contribution in [0.3, 0.4) is 0 Å². The van der Waals surface area contributed by atoms with Crippen LogP contribution in [0, 0.1) is 0 Å². The van der Waals surface area contributed by atoms with Crippen LogP contribution < -0.4 is 15.9 Å². The molecule has 2 aromatic rings. The first-order valence-electron chi connectivity index (χ1n) is 5.20. The van der Waals surface area contributed by atoms with Crippen molar-refractivity contribution in [1.82, 2.24) is 0 Å². The molecule has 3 rings (SSSR count). The zero-order valence-electron chi connectivity index (χ0n) is 8.57. The molecule has 0 aliphatic carbocycles. The lowest BCUT2D eigenvalue weighted by Crippen LogP contribution is -2.41. The molecule has 0 amide bonds. The minimum Gasteiger partial charge on any atom is -0.404 e. The van der Waals surface area contributed by atoms with Gasteiger partial charge in [-0.25, -0.2) is 0 Å². The fourth-order valence-corrected chi connectivity index (χ4v) is 2.03. The van der Waals surface area contributed by atoms with Crippen LogP contribution in [-0.2, 0) is 0 Å². The molecule has 16 heavy (non-hydrogen) atoms. The number of anilines is 2. The van der Waals surface area contributed by atoms with Gasteiger partial charge in [0.25, 0.3) is 0 Å². The second-order valence-electron chi connectivity index (χ2n) is 3.82. The Labute approximate surface area is 99.8 Å². The summed E-state index contributed by atoms with van der Waals surface area (Å²) in [7, 11) is 0. The van der Waals surface area contributed by atoms with E-state index in [4.69, 9.17) is 11.6 Å². The molecule has 0 aromatic heterocycles. The first kappa shape index (κ1) is 9.61. The maximum atomic E-state index is 5.87. The number of hydrogen-bond donors (Lipinski definition) is 2. The van der Waals surface area contributed by atoms with Gasteiger partial charge < -0.3 is 10.5 Å². The monoisotopic (exact) mass is 228 g/mol. The van der Waals surface area contributed by atoms with E-state index in [9.17, 15) is 0 Å². The molecular formula is C12H10BClN2. The van der Waals surface area contributed by atoms with Gasteiger partial charge in [0.2, 0.25) is 0 Å². The number of fused-ring (bicyclic) bond motifs is 1. The number of nitrogens with one attached hydrogen (secondary N) is 2. The van der Waals surface area contributed by atoms with Gasteiger partial charge in [-0.15, -0.1) is 0 Å². The predicted octanol–water partition coefficient (Wildman–Crippen LogP) is 2.57. The molecule has 78 valence electrons. The van der Waals surface area contributed by atoms with E-state index in [0.29, 0.717) is 0 Å². The quantitative estimate of drug-likeness (QED) is 0.733. The third-order valence-corrected chi connectivity index (χ3v) is 2.98. The van der Waals surface area contributed by atoms with Crippen molar-refractivity contribution in [2.45, 2.75) is 0 Å². The summed E-state index contributed by atoms with van der Waals surface area (Å²) in [6.07, 6.45) is 0. The average Bonchev–Trinajstić information content (AvgIpc) is 2.73. The van der Waals surface area contributed by atoms with E-state index in [1.165, 1.54) is 5.46 Å². The lowest BCUT2D eigenvalue weighted by Gasteiger charge is -2.07. The van der Waals surface area contributed by atoms with E-state index in [1.54, 1.807) is 0 Å². The molecule has 2 nitrogen and oxygen atoms in total. The summed E-state index contributed by atoms with van der Waals surface area (Å²) in [5, 5.41) is 7.60. The van der Waals surface area contributed by atoms with Crippen LogP contribution >= 0.6 is 11.6 Å². The summed E-state index contributed by atoms with van der Waals surface area (Å²) in [5.41, 5.74) is 3.46. The fraction of sp³-hybridized carbons (Fsp3) is 0. The van der Waals surface area contributed by atoms with Crippen molar-refractivity contribution in [2.24, 2.45) is 0 Å². The van der Waals surface area contributed by atoms with Crippen LogP contribution in [0.4, 0.5) is 11.4 Å². The molecule has 0 saturated carbocycles. The smallest absolute Gasteiger partial charge is 0.404 e. The Hall–Kier alpha value is -1.61. The molecule has 2 aromatic carbocycles. The molecule has 0 bridgehead atoms. The summed E-state index contributed by atoms with van der Waals surface area (Å²) < 4.78 is 0. The summed E-state index contributed by atoms with van der Waals surface area (Å²) in [5.74, 6) is 0. The molecule has 1 heterocycles. The SMILES string of the molecule is Clc1ccc(B2Nc3ccccc3N2)cc1. The van der Waals surface area contributed by atoms with Gasteiger partial charge in [0, 0.05) is 16.4 Å². The Morgan fingerprint density at radius 1 is 0.812 bits per heavy atom. The maximum Gasteiger partial charge on any atom is 0.406 e. The molecule has 0 saturated heterocycles. The molecule has 0 radical (unpaired) electrons. The van der Waals surface area contributed by atoms with Crippen LogP contribution in [0.15, 0.2) is 48.5 Å². The van der Waals surface area contributed by atoms with E-state index in [1.807, 2.05) is 36.4 Å². The number of para-hydroxylation sites is 2. The fourth-order valence-electron chi connectivity index (χ4n) is 1.90. The molecule has 0 spiro atoms. The van der Waals surface area contributed by atoms with Crippen molar-refractivity contribution in [3.05, 3.63) is 53.6 Å². The van der Waals surface area contributed by atoms with E-state index in [-0.39, 0.29) is 6.98 Å². The van der Waals surface area contributed by atoms with E-state index >= 15 is 0 Å². The lowest BCUT2D eigenvalue weighted by atomic mass is 9.69. The number of hydrogen-bond acceptors (Lipinski definition) is 2. The summed E-state index contributed by atoms with van der Waals surface area (Å²) in [4.78, 5) is 0. The Kier molecular flexibility index (Phi) is 2.26. The third kappa shape index (κ3) is 1.63. The highest BCUT2D eigenvalue weighted by molar-refractivity contribution is 6.80. The maximum absolute atomic E-state index is 5.87. The van der Waals surface area contributed by atoms with Crippen LogP contribution in [0.1, 0.15) is 0 Å². The van der Waals surface area contributed by atoms with Crippen molar-refractivity contribution >= 4 is 35.4 Å². The topological polar surface area (TPSA) is 24.1 Å². The van der Waals surface area contributed by atoms with Crippen molar-refractivity contribution in [3.8, 4) is 0 Å². The molecule has 1 aliphatic rings. The Bertz CT molecular complexity index is 488. The lowest BCUT2D eigenvalue weighted by molar-refractivity contribution is 1.70. The zero-order valence-corrected chi connectivity index (χ0v) is 9.33. The van der Waals surface area contributed by atoms with Crippen molar-refractivity contribution in [1.29, 1.82) is 0 Å². The zero-order chi connectivity index (χ0) is 11.0. The Balaban J connectivity index is 1.88. The molecule has 1 aliphatic heterocycles. The predicted molar refractivity (Wildman–Crippen MR) is 70.5 cm³/mol. The first-order valence-corrected chi connectivity index (χ1v) is 5.58. The van der Waals surface area contributed by atoms with Gasteiger partial charge >= 0.3 is 6.98 Å². The van der Waals surface area contributed by atoms with Crippen LogP contribution in [0.25, 0.3) is 0 Å². The van der Waals surface area contributed by atoms with Crippen LogP contribution in [0.5, 0.6) is 0 Å². The largest absolute Gasteiger partial charge is 0.406 e. The molecule has 2 N–H and O–H groups in total. The van der Waals surface area contributed by atoms with Gasteiger partial charge in [-0.05, 0) is 29.7 Å². The summed E-state index contributed by atoms with van der Waals surface area (Å²) in [6, 6.07) is 16.1. The van der Waals surface area contributed by atoms with E-state index in [2.05, 4.69) is 22.6 Å². The van der Waals surface area contributed by atoms with E-state index in [0.717, 1.165) is 16.4 Å². The minimum atomic E-state index is 0.134. The number of rotatable bonds is 1. The molecule has 0 unspecified atom stereocenters. The second-order valence-corrected chi connectivity index (χ2v) is 4.26. The molecule has 0 atom stereocenters. The Morgan fingerprint density at radius 2 is 1.38 bits per heavy atom. The van der Waals surface area contributed by atoms with Gasteiger partial charge in [0.1, 0.15) is 0 Å². The molecule has 0 fully saturated rings. The van der Waals surface area contributed by atoms with Gasteiger partial charge in [-0.2, -0.15) is 0 Å². The average molecular weight is 228 g/mol. The highest BCUT2D eigenvalue weighted by Gasteiger charge is 2.25. The second kappa shape index (κ2) is 3.76. The van der Waals surface area contributed by atoms with Crippen molar-refractivity contribution < 1.29 is 0 Å². The van der Waals surface area contributed by atoms with E-state index < -0.39 is 0 Å². The Morgan fingerprint density at radius 3 is 1.94 bits per heavy atom. The van der Waals surface area contributed by atoms with Gasteiger partial charge in [-0.3, -0.25) is 0 Å². The van der Waals surface area contributed by atoms with Gasteiger partial charge in [0.05, 0.1) is 0 Å². The highest BCUT2D eigenvalue weighted by atomic mass is 35.5. The van der Waals surface area contributed by atoms with Crippen LogP contribution in [-0.4, -0.2) is 6.98 Å². The van der Waals surface area contributed by atoms with Gasteiger partial charge in [-0.1, -0.05) is 35.9 Å². The number of halogens is 1. The summed E-state index contributed by atoms with van der Waals surface area (Å²) in [6.45, 7) is 0.134. The third-order valence-electron chi connectivity index (χ3n) is 2.73. The van der Waals surface area contributed by atoms with Crippen LogP contribution in [0.2, 0.25) is 5.02 Å². The minimum absolute atomic E-state index is 0.134. The number of benzene rings is 2. The van der Waals surface area contributed by atoms with Crippen molar-refractivity contribution in [3.63, 3.8) is 0 Å².